The van der Waals surface area contributed by atoms with E-state index < -0.39 is 31.5 Å². The molecular weight excluding hydrogens is 532 g/mol. The van der Waals surface area contributed by atoms with Crippen molar-refractivity contribution in [1.29, 1.82) is 0 Å². The number of hydrogen-bond donors (Lipinski definition) is 3. The standard InChI is InChI=1S/C21H17BrN4O7S/c1-33-19-9-6-14(22)10-13(19)12-23-24-18-8-7-15(26(29)30)11-20(18)34(31,32)25-17-5-3-2-4-16(17)21(27)28/h2-12,24-25H,1H3,(H,27,28)/b23-12-. The number of carbonyl (C=O) groups is 1. The minimum atomic E-state index is -4.46. The van der Waals surface area contributed by atoms with Crippen LogP contribution in [0, 0.1) is 10.1 Å². The Bertz CT molecular complexity index is 1390. The van der Waals surface area contributed by atoms with Gasteiger partial charge in [0.1, 0.15) is 10.6 Å². The maximum atomic E-state index is 13.1. The normalized spacial score (nSPS) is 11.2. The van der Waals surface area contributed by atoms with E-state index in [1.165, 1.54) is 43.7 Å². The maximum Gasteiger partial charge on any atom is 0.337 e. The third kappa shape index (κ3) is 5.68. The first-order valence-corrected chi connectivity index (χ1v) is 11.7. The van der Waals surface area contributed by atoms with Crippen LogP contribution in [0.25, 0.3) is 0 Å². The third-order valence-electron chi connectivity index (χ3n) is 4.45. The molecular formula is C21H17BrN4O7S. The SMILES string of the molecule is COc1ccc(Br)cc1/C=N\Nc1ccc([N+](=O)[O-])cc1S(=O)(=O)Nc1ccccc1C(=O)O. The number of nitrogens with zero attached hydrogens (tertiary/aromatic N) is 2. The molecule has 3 rings (SSSR count). The summed E-state index contributed by atoms with van der Waals surface area (Å²) in [7, 11) is -2.98. The van der Waals surface area contributed by atoms with Gasteiger partial charge in [0.05, 0.1) is 35.2 Å². The average Bonchev–Trinajstić information content (AvgIpc) is 2.79. The number of hydrogen-bond acceptors (Lipinski definition) is 8. The second-order valence-corrected chi connectivity index (χ2v) is 9.22. The molecule has 0 fully saturated rings. The van der Waals surface area contributed by atoms with Gasteiger partial charge in [0.15, 0.2) is 0 Å². The summed E-state index contributed by atoms with van der Waals surface area (Å²) < 4.78 is 34.4. The molecule has 0 atom stereocenters. The highest BCUT2D eigenvalue weighted by Gasteiger charge is 2.24. The second-order valence-electron chi connectivity index (χ2n) is 6.65. The minimum Gasteiger partial charge on any atom is -0.496 e. The van der Waals surface area contributed by atoms with E-state index >= 15 is 0 Å². The number of carboxylic acids is 1. The van der Waals surface area contributed by atoms with Crippen molar-refractivity contribution in [2.24, 2.45) is 5.10 Å². The molecule has 3 aromatic carbocycles. The van der Waals surface area contributed by atoms with Crippen molar-refractivity contribution in [2.75, 3.05) is 17.3 Å². The van der Waals surface area contributed by atoms with Gasteiger partial charge in [-0.3, -0.25) is 20.3 Å². The van der Waals surface area contributed by atoms with Crippen molar-refractivity contribution >= 4 is 55.2 Å². The number of carboxylic acid groups (broad SMARTS) is 1. The largest absolute Gasteiger partial charge is 0.496 e. The number of sulfonamides is 1. The van der Waals surface area contributed by atoms with Crippen molar-refractivity contribution in [3.8, 4) is 5.75 Å². The molecule has 0 saturated carbocycles. The number of benzene rings is 3. The third-order valence-corrected chi connectivity index (χ3v) is 6.35. The van der Waals surface area contributed by atoms with Gasteiger partial charge in [0, 0.05) is 22.2 Å². The van der Waals surface area contributed by atoms with Crippen molar-refractivity contribution < 1.29 is 28.0 Å². The van der Waals surface area contributed by atoms with E-state index in [1.54, 1.807) is 18.2 Å². The highest BCUT2D eigenvalue weighted by atomic mass is 79.9. The average molecular weight is 549 g/mol. The molecule has 0 saturated heterocycles. The summed E-state index contributed by atoms with van der Waals surface area (Å²) in [4.78, 5) is 21.4. The zero-order chi connectivity index (χ0) is 24.9. The van der Waals surface area contributed by atoms with Gasteiger partial charge in [-0.25, -0.2) is 13.2 Å². The predicted molar refractivity (Wildman–Crippen MR) is 129 cm³/mol. The highest BCUT2D eigenvalue weighted by molar-refractivity contribution is 9.10. The molecule has 0 aliphatic heterocycles. The highest BCUT2D eigenvalue weighted by Crippen LogP contribution is 2.29. The summed E-state index contributed by atoms with van der Waals surface area (Å²) in [5.41, 5.74) is 2.11. The lowest BCUT2D eigenvalue weighted by Gasteiger charge is -2.13. The number of rotatable bonds is 9. The molecule has 0 aromatic heterocycles. The number of nitro groups is 1. The molecule has 176 valence electrons. The summed E-state index contributed by atoms with van der Waals surface area (Å²) in [6, 6.07) is 13.7. The van der Waals surface area contributed by atoms with E-state index in [-0.39, 0.29) is 16.9 Å². The number of para-hydroxylation sites is 1. The van der Waals surface area contributed by atoms with Crippen molar-refractivity contribution in [3.05, 3.63) is 86.4 Å². The minimum absolute atomic E-state index is 0.0730. The number of halogens is 1. The van der Waals surface area contributed by atoms with Crippen LogP contribution in [0.1, 0.15) is 15.9 Å². The molecule has 0 aliphatic carbocycles. The molecule has 0 radical (unpaired) electrons. The van der Waals surface area contributed by atoms with Crippen LogP contribution in [-0.2, 0) is 10.0 Å². The Morgan fingerprint density at radius 1 is 1.15 bits per heavy atom. The van der Waals surface area contributed by atoms with Gasteiger partial charge in [-0.2, -0.15) is 5.10 Å². The number of methoxy groups -OCH3 is 1. The first-order valence-electron chi connectivity index (χ1n) is 9.38. The Kier molecular flexibility index (Phi) is 7.48. The molecule has 0 amide bonds. The van der Waals surface area contributed by atoms with E-state index in [0.29, 0.717) is 11.3 Å². The Morgan fingerprint density at radius 3 is 2.56 bits per heavy atom. The lowest BCUT2D eigenvalue weighted by atomic mass is 10.2. The fraction of sp³-hybridized carbons (Fsp3) is 0.0476. The van der Waals surface area contributed by atoms with Crippen LogP contribution in [0.4, 0.5) is 17.1 Å². The first kappa shape index (κ1) is 24.7. The smallest absolute Gasteiger partial charge is 0.337 e. The van der Waals surface area contributed by atoms with Crippen LogP contribution in [0.15, 0.2) is 75.1 Å². The van der Waals surface area contributed by atoms with E-state index in [9.17, 15) is 28.4 Å². The molecule has 34 heavy (non-hydrogen) atoms. The van der Waals surface area contributed by atoms with Crippen LogP contribution in [0.5, 0.6) is 5.75 Å². The van der Waals surface area contributed by atoms with Gasteiger partial charge < -0.3 is 9.84 Å². The Morgan fingerprint density at radius 2 is 1.88 bits per heavy atom. The number of nitro benzene ring substituents is 1. The van der Waals surface area contributed by atoms with Gasteiger partial charge in [-0.15, -0.1) is 0 Å². The molecule has 0 spiro atoms. The number of ether oxygens (including phenoxy) is 1. The van der Waals surface area contributed by atoms with Gasteiger partial charge in [0.25, 0.3) is 15.7 Å². The fourth-order valence-corrected chi connectivity index (χ4v) is 4.51. The number of aromatic carboxylic acids is 1. The van der Waals surface area contributed by atoms with Crippen molar-refractivity contribution in [2.45, 2.75) is 4.90 Å². The van der Waals surface area contributed by atoms with E-state index in [2.05, 4.69) is 31.2 Å². The van der Waals surface area contributed by atoms with Crippen molar-refractivity contribution in [3.63, 3.8) is 0 Å². The lowest BCUT2D eigenvalue weighted by Crippen LogP contribution is -2.17. The van der Waals surface area contributed by atoms with Crippen LogP contribution < -0.4 is 14.9 Å². The summed E-state index contributed by atoms with van der Waals surface area (Å²) in [6.07, 6.45) is 1.38. The second kappa shape index (κ2) is 10.3. The zero-order valence-corrected chi connectivity index (χ0v) is 19.8. The number of anilines is 2. The summed E-state index contributed by atoms with van der Waals surface area (Å²) >= 11 is 3.34. The summed E-state index contributed by atoms with van der Waals surface area (Å²) in [5, 5.41) is 24.6. The number of nitrogens with one attached hydrogen (secondary N) is 2. The van der Waals surface area contributed by atoms with Crippen molar-refractivity contribution in [1.82, 2.24) is 0 Å². The molecule has 0 aliphatic rings. The van der Waals surface area contributed by atoms with Crippen LogP contribution in [0.2, 0.25) is 0 Å². The first-order chi connectivity index (χ1) is 16.1. The maximum absolute atomic E-state index is 13.1. The predicted octanol–water partition coefficient (Wildman–Crippen LogP) is 4.31. The Hall–Kier alpha value is -3.97. The van der Waals surface area contributed by atoms with Gasteiger partial charge in [-0.1, -0.05) is 28.1 Å². The fourth-order valence-electron chi connectivity index (χ4n) is 2.88. The monoisotopic (exact) mass is 548 g/mol. The zero-order valence-electron chi connectivity index (χ0n) is 17.4. The molecule has 0 unspecified atom stereocenters. The van der Waals surface area contributed by atoms with Crippen LogP contribution >= 0.6 is 15.9 Å². The Balaban J connectivity index is 2.00. The molecule has 3 N–H and O–H groups in total. The molecule has 11 nitrogen and oxygen atoms in total. The summed E-state index contributed by atoms with van der Waals surface area (Å²) in [5.74, 6) is -0.833. The topological polar surface area (TPSA) is 160 Å². The van der Waals surface area contributed by atoms with E-state index in [1.807, 2.05) is 0 Å². The van der Waals surface area contributed by atoms with Gasteiger partial charge in [-0.05, 0) is 36.4 Å². The van der Waals surface area contributed by atoms with E-state index in [0.717, 1.165) is 16.6 Å². The number of non-ortho nitro benzene ring substituents is 1. The number of hydrazone groups is 1. The quantitative estimate of drug-likeness (QED) is 0.202. The molecule has 13 heteroatoms. The van der Waals surface area contributed by atoms with E-state index in [4.69, 9.17) is 4.74 Å². The molecule has 0 heterocycles. The molecule has 0 bridgehead atoms. The van der Waals surface area contributed by atoms with Crippen LogP contribution in [-0.4, -0.2) is 37.7 Å². The van der Waals surface area contributed by atoms with Gasteiger partial charge >= 0.3 is 5.97 Å². The van der Waals surface area contributed by atoms with Gasteiger partial charge in [0.2, 0.25) is 0 Å². The summed E-state index contributed by atoms with van der Waals surface area (Å²) in [6.45, 7) is 0. The molecule has 3 aromatic rings. The Labute approximate surface area is 202 Å². The lowest BCUT2D eigenvalue weighted by molar-refractivity contribution is -0.385. The van der Waals surface area contributed by atoms with Crippen LogP contribution in [0.3, 0.4) is 0 Å².